The van der Waals surface area contributed by atoms with Crippen LogP contribution in [-0.4, -0.2) is 14.7 Å². The van der Waals surface area contributed by atoms with Crippen LogP contribution in [0.5, 0.6) is 0 Å². The molecule has 0 spiro atoms. The van der Waals surface area contributed by atoms with Crippen LogP contribution in [0.4, 0.5) is 0 Å². The topological polar surface area (TPSA) is 38.0 Å². The molecular weight excluding hydrogens is 164 g/mol. The van der Waals surface area contributed by atoms with Crippen molar-refractivity contribution >= 4 is 11.6 Å². The lowest BCUT2D eigenvalue weighted by atomic mass is 10.3. The fourth-order valence-corrected chi connectivity index (χ4v) is 1.28. The Morgan fingerprint density at radius 3 is 2.82 bits per heavy atom. The van der Waals surface area contributed by atoms with Crippen LogP contribution < -0.4 is 0 Å². The number of hydrogen-bond donors (Lipinski definition) is 1. The minimum atomic E-state index is -0.505. The molecule has 0 bridgehead atoms. The molecule has 1 unspecified atom stereocenters. The van der Waals surface area contributed by atoms with Crippen molar-refractivity contribution in [3.8, 4) is 0 Å². The van der Waals surface area contributed by atoms with Crippen molar-refractivity contribution < 1.29 is 5.11 Å². The van der Waals surface area contributed by atoms with E-state index in [0.29, 0.717) is 5.28 Å². The number of rotatable bonds is 2. The molecule has 0 amide bonds. The Morgan fingerprint density at radius 2 is 2.45 bits per heavy atom. The van der Waals surface area contributed by atoms with E-state index in [4.69, 9.17) is 11.6 Å². The molecular formula is C7H11ClN2O. The van der Waals surface area contributed by atoms with E-state index in [2.05, 4.69) is 4.98 Å². The maximum atomic E-state index is 9.23. The first-order chi connectivity index (χ1) is 5.16. The molecule has 1 aromatic heterocycles. The summed E-state index contributed by atoms with van der Waals surface area (Å²) in [6.07, 6.45) is 1.09. The van der Waals surface area contributed by atoms with E-state index < -0.39 is 6.10 Å². The van der Waals surface area contributed by atoms with Gasteiger partial charge in [-0.05, 0) is 25.4 Å². The third kappa shape index (κ3) is 1.54. The second-order valence-electron chi connectivity index (χ2n) is 2.37. The average molecular weight is 175 g/mol. The van der Waals surface area contributed by atoms with Gasteiger partial charge in [-0.3, -0.25) is 0 Å². The van der Waals surface area contributed by atoms with E-state index in [9.17, 15) is 5.11 Å². The van der Waals surface area contributed by atoms with Gasteiger partial charge in [-0.25, -0.2) is 4.98 Å². The highest BCUT2D eigenvalue weighted by atomic mass is 35.5. The standard InChI is InChI=1S/C7H11ClN2O/c1-3-10-6(5(2)11)4-9-7(10)8/h4-5,11H,3H2,1-2H3. The smallest absolute Gasteiger partial charge is 0.202 e. The molecule has 1 atom stereocenters. The molecule has 3 nitrogen and oxygen atoms in total. The maximum Gasteiger partial charge on any atom is 0.202 e. The van der Waals surface area contributed by atoms with E-state index in [-0.39, 0.29) is 0 Å². The molecule has 1 rings (SSSR count). The highest BCUT2D eigenvalue weighted by Crippen LogP contribution is 2.16. The van der Waals surface area contributed by atoms with Crippen LogP contribution in [0.1, 0.15) is 25.6 Å². The third-order valence-electron chi connectivity index (χ3n) is 1.58. The lowest BCUT2D eigenvalue weighted by molar-refractivity contribution is 0.189. The Hall–Kier alpha value is -0.540. The molecule has 1 aromatic rings. The summed E-state index contributed by atoms with van der Waals surface area (Å²) >= 11 is 5.73. The predicted molar refractivity (Wildman–Crippen MR) is 43.5 cm³/mol. The first-order valence-corrected chi connectivity index (χ1v) is 3.93. The van der Waals surface area contributed by atoms with Gasteiger partial charge in [0.15, 0.2) is 0 Å². The predicted octanol–water partition coefficient (Wildman–Crippen LogP) is 1.61. The fraction of sp³-hybridized carbons (Fsp3) is 0.571. The molecule has 0 aromatic carbocycles. The quantitative estimate of drug-likeness (QED) is 0.740. The van der Waals surface area contributed by atoms with Gasteiger partial charge in [0.25, 0.3) is 0 Å². The van der Waals surface area contributed by atoms with Gasteiger partial charge < -0.3 is 9.67 Å². The summed E-state index contributed by atoms with van der Waals surface area (Å²) in [7, 11) is 0. The van der Waals surface area contributed by atoms with Gasteiger partial charge in [-0.2, -0.15) is 0 Å². The molecule has 0 aliphatic rings. The number of aromatic nitrogens is 2. The van der Waals surface area contributed by atoms with E-state index in [1.165, 1.54) is 0 Å². The summed E-state index contributed by atoms with van der Waals surface area (Å²) in [5, 5.41) is 9.66. The van der Waals surface area contributed by atoms with E-state index in [1.54, 1.807) is 17.7 Å². The number of aliphatic hydroxyl groups is 1. The largest absolute Gasteiger partial charge is 0.387 e. The second kappa shape index (κ2) is 3.24. The SMILES string of the molecule is CCn1c(C(C)O)cnc1Cl. The molecule has 1 N–H and O–H groups in total. The van der Waals surface area contributed by atoms with Gasteiger partial charge in [0.2, 0.25) is 5.28 Å². The van der Waals surface area contributed by atoms with E-state index >= 15 is 0 Å². The maximum absolute atomic E-state index is 9.23. The van der Waals surface area contributed by atoms with Crippen molar-refractivity contribution in [1.29, 1.82) is 0 Å². The van der Waals surface area contributed by atoms with Gasteiger partial charge in [0.05, 0.1) is 18.0 Å². The van der Waals surface area contributed by atoms with Crippen LogP contribution in [0, 0.1) is 0 Å². The van der Waals surface area contributed by atoms with Gasteiger partial charge >= 0.3 is 0 Å². The zero-order chi connectivity index (χ0) is 8.43. The van der Waals surface area contributed by atoms with Crippen LogP contribution in [0.3, 0.4) is 0 Å². The minimum Gasteiger partial charge on any atom is -0.387 e. The number of imidazole rings is 1. The molecule has 4 heteroatoms. The van der Waals surface area contributed by atoms with Gasteiger partial charge in [-0.15, -0.1) is 0 Å². The fourth-order valence-electron chi connectivity index (χ4n) is 1.01. The van der Waals surface area contributed by atoms with Crippen LogP contribution in [-0.2, 0) is 6.54 Å². The Bertz CT molecular complexity index is 245. The summed E-state index contributed by atoms with van der Waals surface area (Å²) in [6.45, 7) is 4.39. The van der Waals surface area contributed by atoms with Crippen molar-refractivity contribution in [2.75, 3.05) is 0 Å². The monoisotopic (exact) mass is 174 g/mol. The Morgan fingerprint density at radius 1 is 1.82 bits per heavy atom. The molecule has 11 heavy (non-hydrogen) atoms. The second-order valence-corrected chi connectivity index (χ2v) is 2.71. The van der Waals surface area contributed by atoms with Gasteiger partial charge in [-0.1, -0.05) is 0 Å². The van der Waals surface area contributed by atoms with Crippen molar-refractivity contribution in [3.63, 3.8) is 0 Å². The molecule has 0 radical (unpaired) electrons. The number of aliphatic hydroxyl groups excluding tert-OH is 1. The number of nitrogens with zero attached hydrogens (tertiary/aromatic N) is 2. The Balaban J connectivity index is 3.05. The molecule has 0 aliphatic carbocycles. The highest BCUT2D eigenvalue weighted by molar-refractivity contribution is 6.28. The van der Waals surface area contributed by atoms with Crippen LogP contribution in [0.2, 0.25) is 5.28 Å². The van der Waals surface area contributed by atoms with Crippen LogP contribution in [0.15, 0.2) is 6.20 Å². The minimum absolute atomic E-state index is 0.434. The molecule has 0 fully saturated rings. The van der Waals surface area contributed by atoms with E-state index in [1.807, 2.05) is 6.92 Å². The van der Waals surface area contributed by atoms with Crippen molar-refractivity contribution in [3.05, 3.63) is 17.2 Å². The lowest BCUT2D eigenvalue weighted by Crippen LogP contribution is -2.03. The summed E-state index contributed by atoms with van der Waals surface area (Å²) in [5.41, 5.74) is 0.762. The average Bonchev–Trinajstić information content (AvgIpc) is 2.30. The van der Waals surface area contributed by atoms with Crippen molar-refractivity contribution in [2.45, 2.75) is 26.5 Å². The third-order valence-corrected chi connectivity index (χ3v) is 1.88. The molecule has 0 aliphatic heterocycles. The van der Waals surface area contributed by atoms with Gasteiger partial charge in [0.1, 0.15) is 0 Å². The van der Waals surface area contributed by atoms with Crippen LogP contribution in [0.25, 0.3) is 0 Å². The first-order valence-electron chi connectivity index (χ1n) is 3.55. The normalized spacial score (nSPS) is 13.5. The lowest BCUT2D eigenvalue weighted by Gasteiger charge is -2.07. The van der Waals surface area contributed by atoms with Gasteiger partial charge in [0, 0.05) is 6.54 Å². The number of hydrogen-bond acceptors (Lipinski definition) is 2. The van der Waals surface area contributed by atoms with Crippen molar-refractivity contribution in [2.24, 2.45) is 0 Å². The Labute approximate surface area is 70.6 Å². The zero-order valence-electron chi connectivity index (χ0n) is 6.58. The summed E-state index contributed by atoms with van der Waals surface area (Å²) in [4.78, 5) is 3.88. The molecule has 0 saturated carbocycles. The first kappa shape index (κ1) is 8.56. The molecule has 62 valence electrons. The van der Waals surface area contributed by atoms with Crippen molar-refractivity contribution in [1.82, 2.24) is 9.55 Å². The van der Waals surface area contributed by atoms with Crippen LogP contribution >= 0.6 is 11.6 Å². The summed E-state index contributed by atoms with van der Waals surface area (Å²) in [5.74, 6) is 0. The van der Waals surface area contributed by atoms with E-state index in [0.717, 1.165) is 12.2 Å². The number of halogens is 1. The Kier molecular flexibility index (Phi) is 2.52. The highest BCUT2D eigenvalue weighted by Gasteiger charge is 2.09. The zero-order valence-corrected chi connectivity index (χ0v) is 7.34. The summed E-state index contributed by atoms with van der Waals surface area (Å²) < 4.78 is 1.77. The molecule has 0 saturated heterocycles. The molecule has 1 heterocycles. The summed E-state index contributed by atoms with van der Waals surface area (Å²) in [6, 6.07) is 0.